The number of aromatic nitrogens is 1. The maximum atomic E-state index is 13.5. The van der Waals surface area contributed by atoms with Crippen molar-refractivity contribution in [2.45, 2.75) is 58.7 Å². The van der Waals surface area contributed by atoms with E-state index in [1.807, 2.05) is 41.8 Å². The summed E-state index contributed by atoms with van der Waals surface area (Å²) in [6.45, 7) is 7.48. The number of ether oxygens (including phenoxy) is 1. The Kier molecular flexibility index (Phi) is 7.81. The highest BCUT2D eigenvalue weighted by Gasteiger charge is 2.29. The van der Waals surface area contributed by atoms with Gasteiger partial charge in [-0.3, -0.25) is 9.59 Å². The molecule has 35 heavy (non-hydrogen) atoms. The zero-order valence-corrected chi connectivity index (χ0v) is 20.6. The fraction of sp³-hybridized carbons (Fsp3) is 0.379. The molecule has 5 nitrogen and oxygen atoms in total. The standard InChI is InChI=1S/C29H33FN2O3/c1-4-25(21-8-6-5-7-9-21)31-29(34)26-16-24(27-18-35-15-14-32(26)27)28(33)17-23(19(2)3)20-10-12-22(30)13-11-20/h5-13,16,19,23,25H,4,14-15,17-18H2,1-3H3,(H,31,34)/t23-,25+/m1/s1. The second kappa shape index (κ2) is 11.0. The molecule has 0 saturated carbocycles. The van der Waals surface area contributed by atoms with Gasteiger partial charge in [-0.05, 0) is 47.6 Å². The van der Waals surface area contributed by atoms with Crippen LogP contribution < -0.4 is 5.32 Å². The molecule has 1 aromatic heterocycles. The van der Waals surface area contributed by atoms with Gasteiger partial charge in [0.1, 0.15) is 11.5 Å². The maximum absolute atomic E-state index is 13.5. The molecule has 6 heteroatoms. The van der Waals surface area contributed by atoms with Gasteiger partial charge in [0.15, 0.2) is 5.78 Å². The van der Waals surface area contributed by atoms with Crippen molar-refractivity contribution >= 4 is 11.7 Å². The van der Waals surface area contributed by atoms with Crippen LogP contribution in [0.25, 0.3) is 0 Å². The van der Waals surface area contributed by atoms with Gasteiger partial charge in [0.2, 0.25) is 0 Å². The lowest BCUT2D eigenvalue weighted by Crippen LogP contribution is -2.31. The fourth-order valence-corrected chi connectivity index (χ4v) is 4.85. The predicted octanol–water partition coefficient (Wildman–Crippen LogP) is 6.05. The van der Waals surface area contributed by atoms with Gasteiger partial charge in [-0.15, -0.1) is 0 Å². The molecule has 0 saturated heterocycles. The van der Waals surface area contributed by atoms with Gasteiger partial charge in [-0.25, -0.2) is 4.39 Å². The van der Waals surface area contributed by atoms with E-state index in [4.69, 9.17) is 4.74 Å². The summed E-state index contributed by atoms with van der Waals surface area (Å²) >= 11 is 0. The zero-order valence-electron chi connectivity index (χ0n) is 20.6. The minimum atomic E-state index is -0.294. The molecule has 2 heterocycles. The molecule has 2 aromatic carbocycles. The first-order valence-electron chi connectivity index (χ1n) is 12.3. The molecule has 1 aliphatic heterocycles. The lowest BCUT2D eigenvalue weighted by atomic mass is 9.83. The number of benzene rings is 2. The average molecular weight is 477 g/mol. The van der Waals surface area contributed by atoms with Crippen LogP contribution in [0.4, 0.5) is 4.39 Å². The number of ketones is 1. The van der Waals surface area contributed by atoms with Crippen LogP contribution in [0.5, 0.6) is 0 Å². The summed E-state index contributed by atoms with van der Waals surface area (Å²) in [6.07, 6.45) is 1.04. The molecule has 0 fully saturated rings. The second-order valence-corrected chi connectivity index (χ2v) is 9.47. The number of amides is 1. The second-order valence-electron chi connectivity index (χ2n) is 9.47. The number of carbonyl (C=O) groups excluding carboxylic acids is 2. The van der Waals surface area contributed by atoms with E-state index in [1.54, 1.807) is 18.2 Å². The van der Waals surface area contributed by atoms with Crippen molar-refractivity contribution in [3.63, 3.8) is 0 Å². The van der Waals surface area contributed by atoms with Gasteiger partial charge in [-0.2, -0.15) is 0 Å². The van der Waals surface area contributed by atoms with Crippen molar-refractivity contribution in [2.24, 2.45) is 5.92 Å². The van der Waals surface area contributed by atoms with Crippen molar-refractivity contribution in [1.29, 1.82) is 0 Å². The number of hydrogen-bond donors (Lipinski definition) is 1. The van der Waals surface area contributed by atoms with Crippen molar-refractivity contribution in [3.05, 3.63) is 94.6 Å². The predicted molar refractivity (Wildman–Crippen MR) is 134 cm³/mol. The number of Topliss-reactive ketones (excluding diaryl/α,β-unsaturated/α-hetero) is 1. The normalized spacial score (nSPS) is 14.9. The summed E-state index contributed by atoms with van der Waals surface area (Å²) in [7, 11) is 0. The van der Waals surface area contributed by atoms with E-state index in [9.17, 15) is 14.0 Å². The number of nitrogens with one attached hydrogen (secondary N) is 1. The maximum Gasteiger partial charge on any atom is 0.268 e. The molecular formula is C29H33FN2O3. The van der Waals surface area contributed by atoms with Crippen LogP contribution in [0.1, 0.15) is 83.2 Å². The first-order chi connectivity index (χ1) is 16.9. The number of rotatable bonds is 9. The van der Waals surface area contributed by atoms with Crippen LogP contribution >= 0.6 is 0 Å². The number of fused-ring (bicyclic) bond motifs is 1. The fourth-order valence-electron chi connectivity index (χ4n) is 4.85. The van der Waals surface area contributed by atoms with Crippen LogP contribution in [-0.4, -0.2) is 22.9 Å². The van der Waals surface area contributed by atoms with Crippen LogP contribution in [0.15, 0.2) is 60.7 Å². The van der Waals surface area contributed by atoms with E-state index in [0.29, 0.717) is 31.0 Å². The monoisotopic (exact) mass is 476 g/mol. The molecule has 1 aliphatic rings. The van der Waals surface area contributed by atoms with Crippen LogP contribution in [0, 0.1) is 11.7 Å². The van der Waals surface area contributed by atoms with Crippen molar-refractivity contribution in [2.75, 3.05) is 6.61 Å². The summed E-state index contributed by atoms with van der Waals surface area (Å²) in [5, 5.41) is 3.14. The molecule has 1 amide bonds. The van der Waals surface area contributed by atoms with Gasteiger partial charge in [0, 0.05) is 18.5 Å². The summed E-state index contributed by atoms with van der Waals surface area (Å²) in [4.78, 5) is 26.9. The molecule has 0 radical (unpaired) electrons. The quantitative estimate of drug-likeness (QED) is 0.383. The van der Waals surface area contributed by atoms with Crippen LogP contribution in [0.2, 0.25) is 0 Å². The molecule has 0 spiro atoms. The lowest BCUT2D eigenvalue weighted by Gasteiger charge is -2.22. The Morgan fingerprint density at radius 3 is 2.43 bits per heavy atom. The molecule has 0 bridgehead atoms. The number of carbonyl (C=O) groups is 2. The van der Waals surface area contributed by atoms with Gasteiger partial charge in [0.25, 0.3) is 5.91 Å². The molecule has 4 rings (SSSR count). The first-order valence-corrected chi connectivity index (χ1v) is 12.3. The lowest BCUT2D eigenvalue weighted by molar-refractivity contribution is 0.0778. The van der Waals surface area contributed by atoms with Gasteiger partial charge in [-0.1, -0.05) is 63.2 Å². The highest BCUT2D eigenvalue weighted by atomic mass is 19.1. The van der Waals surface area contributed by atoms with Gasteiger partial charge in [0.05, 0.1) is 24.9 Å². The van der Waals surface area contributed by atoms with Crippen molar-refractivity contribution in [3.8, 4) is 0 Å². The van der Waals surface area contributed by atoms with E-state index in [2.05, 4.69) is 19.2 Å². The van der Waals surface area contributed by atoms with E-state index >= 15 is 0 Å². The number of hydrogen-bond acceptors (Lipinski definition) is 3. The highest BCUT2D eigenvalue weighted by Crippen LogP contribution is 2.32. The minimum absolute atomic E-state index is 0.0311. The first kappa shape index (κ1) is 24.9. The topological polar surface area (TPSA) is 60.3 Å². The zero-order chi connectivity index (χ0) is 24.9. The third-order valence-electron chi connectivity index (χ3n) is 6.86. The Morgan fingerprint density at radius 2 is 1.77 bits per heavy atom. The largest absolute Gasteiger partial charge is 0.373 e. The Morgan fingerprint density at radius 1 is 1.06 bits per heavy atom. The summed E-state index contributed by atoms with van der Waals surface area (Å²) < 4.78 is 21.0. The van der Waals surface area contributed by atoms with E-state index in [-0.39, 0.29) is 41.8 Å². The molecule has 0 aliphatic carbocycles. The minimum Gasteiger partial charge on any atom is -0.373 e. The van der Waals surface area contributed by atoms with Crippen LogP contribution in [-0.2, 0) is 17.9 Å². The Labute approximate surface area is 206 Å². The summed E-state index contributed by atoms with van der Waals surface area (Å²) in [5.74, 6) is -0.378. The van der Waals surface area contributed by atoms with E-state index in [1.165, 1.54) is 12.1 Å². The Bertz CT molecular complexity index is 1170. The third-order valence-corrected chi connectivity index (χ3v) is 6.86. The molecule has 184 valence electrons. The van der Waals surface area contributed by atoms with E-state index in [0.717, 1.165) is 23.2 Å². The van der Waals surface area contributed by atoms with E-state index < -0.39 is 0 Å². The van der Waals surface area contributed by atoms with Crippen LogP contribution in [0.3, 0.4) is 0 Å². The van der Waals surface area contributed by atoms with Crippen molar-refractivity contribution in [1.82, 2.24) is 9.88 Å². The molecule has 2 atom stereocenters. The highest BCUT2D eigenvalue weighted by molar-refractivity contribution is 6.02. The molecule has 0 unspecified atom stereocenters. The molecule has 1 N–H and O–H groups in total. The average Bonchev–Trinajstić information content (AvgIpc) is 3.27. The molecule has 3 aromatic rings. The number of nitrogens with zero attached hydrogens (tertiary/aromatic N) is 1. The SMILES string of the molecule is CC[C@H](NC(=O)c1cc(C(=O)C[C@@H](c2ccc(F)cc2)C(C)C)c2n1CCOC2)c1ccccc1. The van der Waals surface area contributed by atoms with Gasteiger partial charge >= 0.3 is 0 Å². The molecular weight excluding hydrogens is 443 g/mol. The number of halogens is 1. The summed E-state index contributed by atoms with van der Waals surface area (Å²) in [5.41, 5.74) is 3.76. The summed E-state index contributed by atoms with van der Waals surface area (Å²) in [6, 6.07) is 17.9. The third kappa shape index (κ3) is 5.54. The smallest absolute Gasteiger partial charge is 0.268 e. The Balaban J connectivity index is 1.60. The Hall–Kier alpha value is -3.25. The van der Waals surface area contributed by atoms with Crippen molar-refractivity contribution < 1.29 is 18.7 Å². The van der Waals surface area contributed by atoms with Gasteiger partial charge < -0.3 is 14.6 Å².